The Labute approximate surface area is 178 Å². The Kier molecular flexibility index (Phi) is 24.9. The van der Waals surface area contributed by atoms with Crippen molar-refractivity contribution in [3.63, 3.8) is 0 Å². The quantitative estimate of drug-likeness (QED) is 0.142. The smallest absolute Gasteiger partial charge is 0.0894 e. The van der Waals surface area contributed by atoms with Gasteiger partial charge >= 0.3 is 0 Å². The number of hydrogen-bond donors (Lipinski definition) is 0. The highest BCUT2D eigenvalue weighted by Gasteiger charge is 2.09. The fraction of sp³-hybridized carbons (Fsp3) is 0.963. The number of halogens is 1. The van der Waals surface area contributed by atoms with Crippen molar-refractivity contribution < 1.29 is 4.39 Å². The van der Waals surface area contributed by atoms with Crippen LogP contribution in [0.25, 0.3) is 0 Å². The summed E-state index contributed by atoms with van der Waals surface area (Å²) in [6.45, 7) is 4.47. The molecule has 0 N–H and O–H groups in total. The first-order valence-electron chi connectivity index (χ1n) is 13.2. The molecule has 0 rings (SSSR count). The monoisotopic (exact) mass is 397 g/mol. The third-order valence-corrected chi connectivity index (χ3v) is 6.18. The van der Waals surface area contributed by atoms with Gasteiger partial charge in [-0.1, -0.05) is 136 Å². The van der Waals surface area contributed by atoms with Crippen LogP contribution in [-0.4, -0.2) is 6.67 Å². The van der Waals surface area contributed by atoms with Gasteiger partial charge in [-0.2, -0.15) is 0 Å². The Morgan fingerprint density at radius 3 is 1.00 bits per heavy atom. The minimum absolute atomic E-state index is 0.130. The maximum Gasteiger partial charge on any atom is 0.0894 e. The SMILES string of the molecule is CCCCCCCCCC[C](CCCCCCC)CCCCCCCCCF. The average Bonchev–Trinajstić information content (AvgIpc) is 2.71. The second kappa shape index (κ2) is 25.0. The van der Waals surface area contributed by atoms with Crippen LogP contribution >= 0.6 is 0 Å². The van der Waals surface area contributed by atoms with E-state index < -0.39 is 0 Å². The van der Waals surface area contributed by atoms with Gasteiger partial charge in [0.25, 0.3) is 0 Å². The highest BCUT2D eigenvalue weighted by Crippen LogP contribution is 2.26. The normalized spacial score (nSPS) is 11.6. The van der Waals surface area contributed by atoms with E-state index in [1.54, 1.807) is 0 Å². The van der Waals surface area contributed by atoms with E-state index in [4.69, 9.17) is 0 Å². The summed E-state index contributed by atoms with van der Waals surface area (Å²) < 4.78 is 12.1. The maximum absolute atomic E-state index is 12.1. The van der Waals surface area contributed by atoms with Crippen LogP contribution in [0.15, 0.2) is 0 Å². The zero-order valence-corrected chi connectivity index (χ0v) is 19.8. The van der Waals surface area contributed by atoms with Gasteiger partial charge in [0.15, 0.2) is 0 Å². The maximum atomic E-state index is 12.1. The highest BCUT2D eigenvalue weighted by atomic mass is 19.1. The lowest BCUT2D eigenvalue weighted by Crippen LogP contribution is -1.99. The fourth-order valence-electron chi connectivity index (χ4n) is 4.22. The van der Waals surface area contributed by atoms with Crippen molar-refractivity contribution in [3.8, 4) is 0 Å². The van der Waals surface area contributed by atoms with Crippen LogP contribution in [0.5, 0.6) is 0 Å². The predicted octanol–water partition coefficient (Wildman–Crippen LogP) is 10.5. The van der Waals surface area contributed by atoms with Gasteiger partial charge in [-0.25, -0.2) is 0 Å². The first kappa shape index (κ1) is 27.9. The molecule has 0 heterocycles. The number of hydrogen-bond acceptors (Lipinski definition) is 0. The van der Waals surface area contributed by atoms with Crippen molar-refractivity contribution in [3.05, 3.63) is 5.92 Å². The van der Waals surface area contributed by atoms with Crippen LogP contribution in [0.4, 0.5) is 4.39 Å². The summed E-state index contributed by atoms with van der Waals surface area (Å²) in [5.74, 6) is 1.87. The molecule has 0 atom stereocenters. The summed E-state index contributed by atoms with van der Waals surface area (Å²) in [6.07, 6.45) is 31.2. The van der Waals surface area contributed by atoms with Gasteiger partial charge in [-0.15, -0.1) is 0 Å². The number of unbranched alkanes of at least 4 members (excludes halogenated alkanes) is 17. The van der Waals surface area contributed by atoms with Crippen molar-refractivity contribution in [2.75, 3.05) is 6.67 Å². The van der Waals surface area contributed by atoms with E-state index in [1.165, 1.54) is 135 Å². The van der Waals surface area contributed by atoms with Crippen molar-refractivity contribution in [2.24, 2.45) is 0 Å². The van der Waals surface area contributed by atoms with E-state index >= 15 is 0 Å². The summed E-state index contributed by atoms with van der Waals surface area (Å²) >= 11 is 0. The van der Waals surface area contributed by atoms with Gasteiger partial charge in [0.2, 0.25) is 0 Å². The van der Waals surface area contributed by atoms with Gasteiger partial charge < -0.3 is 0 Å². The third kappa shape index (κ3) is 22.2. The molecule has 1 radical (unpaired) electrons. The van der Waals surface area contributed by atoms with Crippen LogP contribution < -0.4 is 0 Å². The summed E-state index contributed by atoms with van der Waals surface area (Å²) in [6, 6.07) is 0. The zero-order valence-electron chi connectivity index (χ0n) is 19.8. The lowest BCUT2D eigenvalue weighted by molar-refractivity contribution is 0.448. The first-order chi connectivity index (χ1) is 13.8. The van der Waals surface area contributed by atoms with E-state index in [2.05, 4.69) is 13.8 Å². The lowest BCUT2D eigenvalue weighted by Gasteiger charge is -2.16. The lowest BCUT2D eigenvalue weighted by atomic mass is 9.89. The van der Waals surface area contributed by atoms with Crippen LogP contribution in [-0.2, 0) is 0 Å². The van der Waals surface area contributed by atoms with Gasteiger partial charge in [0.05, 0.1) is 6.67 Å². The van der Waals surface area contributed by atoms with Gasteiger partial charge in [-0.3, -0.25) is 4.39 Å². The first-order valence-corrected chi connectivity index (χ1v) is 13.2. The van der Waals surface area contributed by atoms with Crippen LogP contribution in [0.2, 0.25) is 0 Å². The average molecular weight is 398 g/mol. The molecule has 0 fully saturated rings. The molecule has 0 aliphatic carbocycles. The Morgan fingerprint density at radius 1 is 0.393 bits per heavy atom. The topological polar surface area (TPSA) is 0 Å². The minimum Gasteiger partial charge on any atom is -0.251 e. The Hall–Kier alpha value is -0.0700. The van der Waals surface area contributed by atoms with E-state index in [1.807, 2.05) is 5.92 Å². The molecule has 0 unspecified atom stereocenters. The molecule has 0 spiro atoms. The van der Waals surface area contributed by atoms with Crippen LogP contribution in [0.1, 0.15) is 162 Å². The predicted molar refractivity (Wildman–Crippen MR) is 127 cm³/mol. The van der Waals surface area contributed by atoms with Gasteiger partial charge in [0.1, 0.15) is 0 Å². The van der Waals surface area contributed by atoms with Crippen LogP contribution in [0.3, 0.4) is 0 Å². The minimum atomic E-state index is -0.130. The number of rotatable bonds is 24. The molecule has 0 saturated carbocycles. The van der Waals surface area contributed by atoms with Gasteiger partial charge in [-0.05, 0) is 31.6 Å². The largest absolute Gasteiger partial charge is 0.251 e. The van der Waals surface area contributed by atoms with Crippen molar-refractivity contribution >= 4 is 0 Å². The van der Waals surface area contributed by atoms with E-state index in [0.29, 0.717) is 0 Å². The zero-order chi connectivity index (χ0) is 20.5. The summed E-state index contributed by atoms with van der Waals surface area (Å²) in [7, 11) is 0. The molecule has 0 aromatic rings. The Bertz CT molecular complexity index is 243. The number of alkyl halides is 1. The fourth-order valence-corrected chi connectivity index (χ4v) is 4.22. The summed E-state index contributed by atoms with van der Waals surface area (Å²) in [4.78, 5) is 0. The molecular weight excluding hydrogens is 343 g/mol. The standard InChI is InChI=1S/C27H54F/c1-3-5-7-9-10-12-16-20-24-27(23-19-15-8-6-4-2)25-21-17-13-11-14-18-22-26-28/h3-26H2,1-2H3. The second-order valence-electron chi connectivity index (χ2n) is 9.05. The summed E-state index contributed by atoms with van der Waals surface area (Å²) in [5.41, 5.74) is 0. The molecule has 0 saturated heterocycles. The van der Waals surface area contributed by atoms with Crippen molar-refractivity contribution in [2.45, 2.75) is 162 Å². The molecule has 0 aliphatic rings. The summed E-state index contributed by atoms with van der Waals surface area (Å²) in [5, 5.41) is 0. The molecule has 1 heteroatoms. The molecule has 0 aromatic heterocycles. The third-order valence-electron chi connectivity index (χ3n) is 6.18. The van der Waals surface area contributed by atoms with Gasteiger partial charge in [0, 0.05) is 0 Å². The van der Waals surface area contributed by atoms with E-state index in [9.17, 15) is 4.39 Å². The molecule has 0 bridgehead atoms. The molecule has 28 heavy (non-hydrogen) atoms. The van der Waals surface area contributed by atoms with Crippen LogP contribution in [0, 0.1) is 5.92 Å². The molecular formula is C27H54F. The Morgan fingerprint density at radius 2 is 0.679 bits per heavy atom. The molecule has 0 nitrogen and oxygen atoms in total. The highest BCUT2D eigenvalue weighted by molar-refractivity contribution is 4.89. The molecule has 0 amide bonds. The van der Waals surface area contributed by atoms with Crippen molar-refractivity contribution in [1.29, 1.82) is 0 Å². The Balaban J connectivity index is 3.75. The molecule has 0 aliphatic heterocycles. The molecule has 0 aromatic carbocycles. The second-order valence-corrected chi connectivity index (χ2v) is 9.05. The van der Waals surface area contributed by atoms with Crippen molar-refractivity contribution in [1.82, 2.24) is 0 Å². The van der Waals surface area contributed by atoms with E-state index in [-0.39, 0.29) is 6.67 Å². The molecule has 169 valence electrons. The van der Waals surface area contributed by atoms with E-state index in [0.717, 1.165) is 12.8 Å².